The van der Waals surface area contributed by atoms with Crippen LogP contribution in [0.25, 0.3) is 5.52 Å². The van der Waals surface area contributed by atoms with Gasteiger partial charge in [0.25, 0.3) is 0 Å². The van der Waals surface area contributed by atoms with Crippen molar-refractivity contribution in [3.05, 3.63) is 35.5 Å². The molecule has 8 heteroatoms. The average molecular weight is 378 g/mol. The number of piperidine rings is 1. The number of aromatic nitrogens is 3. The highest BCUT2D eigenvalue weighted by Crippen LogP contribution is 2.37. The number of carbonyl (C=O) groups excluding carboxylic acids is 1. The molecular formula is C15H16BrN5O2. The van der Waals surface area contributed by atoms with Crippen LogP contribution in [0.4, 0.5) is 10.6 Å². The molecule has 2 fully saturated rings. The van der Waals surface area contributed by atoms with Crippen molar-refractivity contribution in [2.24, 2.45) is 0 Å². The fourth-order valence-corrected chi connectivity index (χ4v) is 4.13. The third-order valence-electron chi connectivity index (χ3n) is 4.64. The number of amides is 1. The molecule has 2 aliphatic heterocycles. The molecule has 1 unspecified atom stereocenters. The van der Waals surface area contributed by atoms with E-state index in [1.165, 1.54) is 0 Å². The van der Waals surface area contributed by atoms with Crippen LogP contribution in [-0.4, -0.2) is 44.1 Å². The Labute approximate surface area is 141 Å². The Kier molecular flexibility index (Phi) is 3.29. The predicted octanol–water partition coefficient (Wildman–Crippen LogP) is 2.33. The number of hydrogen-bond donors (Lipinski definition) is 1. The lowest BCUT2D eigenvalue weighted by atomic mass is 9.90. The van der Waals surface area contributed by atoms with Crippen LogP contribution in [0.15, 0.2) is 29.7 Å². The van der Waals surface area contributed by atoms with E-state index in [2.05, 4.69) is 32.5 Å². The second-order valence-electron chi connectivity index (χ2n) is 5.87. The van der Waals surface area contributed by atoms with Crippen molar-refractivity contribution in [1.29, 1.82) is 0 Å². The van der Waals surface area contributed by atoms with Gasteiger partial charge in [-0.2, -0.15) is 0 Å². The number of rotatable bonds is 2. The van der Waals surface area contributed by atoms with Crippen molar-refractivity contribution < 1.29 is 9.53 Å². The van der Waals surface area contributed by atoms with E-state index in [0.29, 0.717) is 17.0 Å². The van der Waals surface area contributed by atoms with E-state index in [9.17, 15) is 4.79 Å². The summed E-state index contributed by atoms with van der Waals surface area (Å²) in [6.07, 6.45) is 6.51. The quantitative estimate of drug-likeness (QED) is 0.811. The van der Waals surface area contributed by atoms with E-state index in [1.54, 1.807) is 17.2 Å². The first-order valence-electron chi connectivity index (χ1n) is 7.48. The molecule has 120 valence electrons. The summed E-state index contributed by atoms with van der Waals surface area (Å²) in [5.41, 5.74) is 6.71. The van der Waals surface area contributed by atoms with Gasteiger partial charge < -0.3 is 15.4 Å². The van der Waals surface area contributed by atoms with Crippen LogP contribution in [-0.2, 0) is 4.74 Å². The second kappa shape index (κ2) is 5.23. The maximum atomic E-state index is 12.1. The van der Waals surface area contributed by atoms with Crippen LogP contribution in [0.2, 0.25) is 0 Å². The Balaban J connectivity index is 1.70. The maximum absolute atomic E-state index is 12.1. The molecule has 2 aliphatic rings. The molecule has 2 aromatic rings. The van der Waals surface area contributed by atoms with Gasteiger partial charge in [-0.1, -0.05) is 6.58 Å². The van der Waals surface area contributed by atoms with Gasteiger partial charge in [0, 0.05) is 24.9 Å². The zero-order chi connectivity index (χ0) is 16.1. The summed E-state index contributed by atoms with van der Waals surface area (Å²) < 4.78 is 7.98. The number of nitrogens with two attached hydrogens (primary N) is 1. The third kappa shape index (κ3) is 2.12. The van der Waals surface area contributed by atoms with Crippen LogP contribution >= 0.6 is 15.9 Å². The molecule has 0 saturated carbocycles. The topological polar surface area (TPSA) is 85.8 Å². The zero-order valence-electron chi connectivity index (χ0n) is 12.4. The third-order valence-corrected chi connectivity index (χ3v) is 5.20. The zero-order valence-corrected chi connectivity index (χ0v) is 13.9. The largest absolute Gasteiger partial charge is 0.440 e. The average Bonchev–Trinajstić information content (AvgIpc) is 3.06. The van der Waals surface area contributed by atoms with Gasteiger partial charge in [0.05, 0.1) is 6.04 Å². The fraction of sp³-hybridized carbons (Fsp3) is 0.400. The normalized spacial score (nSPS) is 27.1. The molecule has 1 amide bonds. The van der Waals surface area contributed by atoms with Crippen molar-refractivity contribution in [2.75, 3.05) is 12.3 Å². The molecule has 0 aromatic carbocycles. The summed E-state index contributed by atoms with van der Waals surface area (Å²) >= 11 is 3.45. The highest BCUT2D eigenvalue weighted by molar-refractivity contribution is 9.10. The highest BCUT2D eigenvalue weighted by Gasteiger charge is 2.44. The van der Waals surface area contributed by atoms with E-state index in [0.717, 1.165) is 24.2 Å². The van der Waals surface area contributed by atoms with Crippen LogP contribution in [0.1, 0.15) is 24.6 Å². The number of carbonyl (C=O) groups is 1. The standard InChI is InChI=1S/C15H16BrN5O2/c1-2-10-9-4-3-8(7-21(9)15(22)23-10)14-19-12(16)11-13(17)18-5-6-20(11)14/h2,5-6,8-10H,1,3-4,7H2,(H2,17,18)/t8-,9+,10?/m1/s1. The van der Waals surface area contributed by atoms with E-state index in [-0.39, 0.29) is 24.2 Å². The molecule has 2 saturated heterocycles. The summed E-state index contributed by atoms with van der Waals surface area (Å²) in [5, 5.41) is 0. The molecule has 0 aliphatic carbocycles. The number of hydrogen-bond acceptors (Lipinski definition) is 5. The molecule has 3 atom stereocenters. The van der Waals surface area contributed by atoms with Gasteiger partial charge in [-0.15, -0.1) is 0 Å². The van der Waals surface area contributed by atoms with Gasteiger partial charge in [0.1, 0.15) is 22.0 Å². The van der Waals surface area contributed by atoms with Crippen molar-refractivity contribution in [3.63, 3.8) is 0 Å². The Morgan fingerprint density at radius 3 is 3.09 bits per heavy atom. The van der Waals surface area contributed by atoms with Crippen molar-refractivity contribution in [2.45, 2.75) is 30.9 Å². The van der Waals surface area contributed by atoms with Crippen LogP contribution in [0.3, 0.4) is 0 Å². The maximum Gasteiger partial charge on any atom is 0.410 e. The van der Waals surface area contributed by atoms with Crippen molar-refractivity contribution in [3.8, 4) is 0 Å². The van der Waals surface area contributed by atoms with Crippen LogP contribution in [0, 0.1) is 0 Å². The number of anilines is 1. The first-order chi connectivity index (χ1) is 11.1. The van der Waals surface area contributed by atoms with Gasteiger partial charge in [-0.3, -0.25) is 4.40 Å². The number of fused-ring (bicyclic) bond motifs is 2. The molecule has 0 spiro atoms. The molecule has 2 N–H and O–H groups in total. The molecule has 0 bridgehead atoms. The lowest BCUT2D eigenvalue weighted by Gasteiger charge is -2.33. The minimum atomic E-state index is -0.272. The number of imidazole rings is 1. The van der Waals surface area contributed by atoms with Crippen LogP contribution in [0.5, 0.6) is 0 Å². The van der Waals surface area contributed by atoms with E-state index in [4.69, 9.17) is 10.5 Å². The summed E-state index contributed by atoms with van der Waals surface area (Å²) in [5.74, 6) is 1.44. The Morgan fingerprint density at radius 2 is 2.30 bits per heavy atom. The van der Waals surface area contributed by atoms with Gasteiger partial charge >= 0.3 is 6.09 Å². The molecule has 0 radical (unpaired) electrons. The minimum absolute atomic E-state index is 0.0812. The van der Waals surface area contributed by atoms with E-state index in [1.807, 2.05) is 10.6 Å². The number of nitrogen functional groups attached to an aromatic ring is 1. The van der Waals surface area contributed by atoms with Crippen molar-refractivity contribution >= 4 is 33.4 Å². The monoisotopic (exact) mass is 377 g/mol. The molecule has 23 heavy (non-hydrogen) atoms. The fourth-order valence-electron chi connectivity index (χ4n) is 3.55. The SMILES string of the molecule is C=CC1OC(=O)N2C[C@H](c3nc(Br)c4c(N)nccn34)CC[C@@H]12. The van der Waals surface area contributed by atoms with Gasteiger partial charge in [-0.05, 0) is 34.8 Å². The van der Waals surface area contributed by atoms with Crippen molar-refractivity contribution in [1.82, 2.24) is 19.3 Å². The summed E-state index contributed by atoms with van der Waals surface area (Å²) in [4.78, 5) is 22.6. The first kappa shape index (κ1) is 14.5. The Hall–Kier alpha value is -2.09. The van der Waals surface area contributed by atoms with E-state index >= 15 is 0 Å². The minimum Gasteiger partial charge on any atom is -0.440 e. The smallest absolute Gasteiger partial charge is 0.410 e. The Morgan fingerprint density at radius 1 is 1.48 bits per heavy atom. The highest BCUT2D eigenvalue weighted by atomic mass is 79.9. The number of nitrogens with zero attached hydrogens (tertiary/aromatic N) is 4. The molecule has 4 heterocycles. The van der Waals surface area contributed by atoms with Gasteiger partial charge in [0.15, 0.2) is 5.82 Å². The summed E-state index contributed by atoms with van der Waals surface area (Å²) in [7, 11) is 0. The molecule has 2 aromatic heterocycles. The summed E-state index contributed by atoms with van der Waals surface area (Å²) in [6.45, 7) is 4.34. The number of cyclic esters (lactones) is 1. The Bertz CT molecular complexity index is 805. The number of halogens is 1. The van der Waals surface area contributed by atoms with E-state index < -0.39 is 0 Å². The van der Waals surface area contributed by atoms with Gasteiger partial charge in [0.2, 0.25) is 0 Å². The number of ether oxygens (including phenoxy) is 1. The van der Waals surface area contributed by atoms with Crippen LogP contribution < -0.4 is 5.73 Å². The summed E-state index contributed by atoms with van der Waals surface area (Å²) in [6, 6.07) is 0.0812. The lowest BCUT2D eigenvalue weighted by Crippen LogP contribution is -2.43. The molecule has 7 nitrogen and oxygen atoms in total. The first-order valence-corrected chi connectivity index (χ1v) is 8.27. The predicted molar refractivity (Wildman–Crippen MR) is 88.0 cm³/mol. The lowest BCUT2D eigenvalue weighted by molar-refractivity contribution is 0.144. The van der Waals surface area contributed by atoms with Gasteiger partial charge in [-0.25, -0.2) is 14.8 Å². The molecular weight excluding hydrogens is 362 g/mol. The second-order valence-corrected chi connectivity index (χ2v) is 6.62. The molecule has 4 rings (SSSR count).